The summed E-state index contributed by atoms with van der Waals surface area (Å²) in [6.45, 7) is 2.72. The van der Waals surface area contributed by atoms with Gasteiger partial charge in [-0.25, -0.2) is 8.42 Å². The Morgan fingerprint density at radius 3 is 2.33 bits per heavy atom. The van der Waals surface area contributed by atoms with E-state index < -0.39 is 10.0 Å². The van der Waals surface area contributed by atoms with E-state index in [4.69, 9.17) is 4.74 Å². The van der Waals surface area contributed by atoms with Crippen molar-refractivity contribution >= 4 is 31.6 Å². The number of rotatable bonds is 6. The molecule has 0 aliphatic heterocycles. The van der Waals surface area contributed by atoms with Gasteiger partial charge in [0.15, 0.2) is 0 Å². The Balaban J connectivity index is 2.69. The lowest BCUT2D eigenvalue weighted by atomic mass is 10.2. The van der Waals surface area contributed by atoms with Gasteiger partial charge >= 0.3 is 0 Å². The maximum atomic E-state index is 11.4. The lowest BCUT2D eigenvalue weighted by Gasteiger charge is -2.17. The van der Waals surface area contributed by atoms with Crippen LogP contribution in [0.2, 0.25) is 0 Å². The number of anilines is 1. The van der Waals surface area contributed by atoms with Crippen molar-refractivity contribution in [2.45, 2.75) is 6.92 Å². The summed E-state index contributed by atoms with van der Waals surface area (Å²) < 4.78 is 29.5. The molecule has 102 valence electrons. The second kappa shape index (κ2) is 6.43. The molecule has 1 aromatic rings. The molecule has 0 aromatic heterocycles. The molecule has 4 nitrogen and oxygen atoms in total. The number of alkyl halides is 1. The van der Waals surface area contributed by atoms with Crippen LogP contribution in [0.25, 0.3) is 0 Å². The highest BCUT2D eigenvalue weighted by atomic mass is 79.9. The van der Waals surface area contributed by atoms with Crippen LogP contribution in [0.4, 0.5) is 5.69 Å². The normalized spacial score (nSPS) is 13.1. The van der Waals surface area contributed by atoms with E-state index in [1.807, 2.05) is 0 Å². The van der Waals surface area contributed by atoms with Crippen LogP contribution in [0.3, 0.4) is 0 Å². The predicted molar refractivity (Wildman–Crippen MR) is 78.1 cm³/mol. The van der Waals surface area contributed by atoms with Crippen molar-refractivity contribution in [2.24, 2.45) is 5.92 Å². The summed E-state index contributed by atoms with van der Waals surface area (Å²) in [6.07, 6.45) is 1.18. The third-order valence-electron chi connectivity index (χ3n) is 2.50. The van der Waals surface area contributed by atoms with Crippen LogP contribution >= 0.6 is 15.9 Å². The monoisotopic (exact) mass is 335 g/mol. The Labute approximate surface area is 117 Å². The van der Waals surface area contributed by atoms with Crippen molar-refractivity contribution in [2.75, 3.05) is 29.5 Å². The molecular weight excluding hydrogens is 318 g/mol. The minimum absolute atomic E-state index is 0.434. The van der Waals surface area contributed by atoms with Gasteiger partial charge in [0.1, 0.15) is 5.75 Å². The fourth-order valence-electron chi connectivity index (χ4n) is 1.23. The van der Waals surface area contributed by atoms with Gasteiger partial charge in [-0.3, -0.25) is 4.31 Å². The topological polar surface area (TPSA) is 46.6 Å². The van der Waals surface area contributed by atoms with Gasteiger partial charge in [0.2, 0.25) is 10.0 Å². The molecule has 0 saturated carbocycles. The average molecular weight is 336 g/mol. The molecule has 0 aliphatic carbocycles. The van der Waals surface area contributed by atoms with Crippen LogP contribution < -0.4 is 9.04 Å². The summed E-state index contributed by atoms with van der Waals surface area (Å²) in [5, 5.41) is 0.891. The van der Waals surface area contributed by atoms with Crippen molar-refractivity contribution < 1.29 is 13.2 Å². The number of hydrogen-bond acceptors (Lipinski definition) is 3. The van der Waals surface area contributed by atoms with Gasteiger partial charge in [-0.15, -0.1) is 0 Å². The fourth-order valence-corrected chi connectivity index (χ4v) is 1.92. The highest BCUT2D eigenvalue weighted by molar-refractivity contribution is 9.09. The lowest BCUT2D eigenvalue weighted by molar-refractivity contribution is 0.274. The fraction of sp³-hybridized carbons (Fsp3) is 0.500. The molecule has 1 aromatic carbocycles. The molecule has 0 N–H and O–H groups in total. The van der Waals surface area contributed by atoms with Gasteiger partial charge in [-0.1, -0.05) is 22.9 Å². The van der Waals surface area contributed by atoms with Crippen LogP contribution in [0.15, 0.2) is 24.3 Å². The highest BCUT2D eigenvalue weighted by Gasteiger charge is 2.11. The van der Waals surface area contributed by atoms with E-state index >= 15 is 0 Å². The van der Waals surface area contributed by atoms with Crippen LogP contribution in [-0.4, -0.2) is 33.7 Å². The molecule has 0 unspecified atom stereocenters. The van der Waals surface area contributed by atoms with Gasteiger partial charge in [-0.05, 0) is 30.2 Å². The van der Waals surface area contributed by atoms with Crippen LogP contribution in [-0.2, 0) is 10.0 Å². The van der Waals surface area contributed by atoms with E-state index in [0.717, 1.165) is 11.1 Å². The van der Waals surface area contributed by atoms with Crippen LogP contribution in [0, 0.1) is 5.92 Å². The van der Waals surface area contributed by atoms with Crippen LogP contribution in [0.5, 0.6) is 5.75 Å². The molecule has 0 heterocycles. The third-order valence-corrected chi connectivity index (χ3v) is 4.81. The first-order valence-corrected chi connectivity index (χ1v) is 8.54. The maximum absolute atomic E-state index is 11.4. The zero-order valence-corrected chi connectivity index (χ0v) is 13.2. The van der Waals surface area contributed by atoms with E-state index in [9.17, 15) is 8.42 Å². The quantitative estimate of drug-likeness (QED) is 0.750. The Kier molecular flexibility index (Phi) is 5.47. The largest absolute Gasteiger partial charge is 0.493 e. The number of halogens is 1. The molecule has 18 heavy (non-hydrogen) atoms. The van der Waals surface area contributed by atoms with Crippen molar-refractivity contribution in [1.82, 2.24) is 0 Å². The van der Waals surface area contributed by atoms with Crippen LogP contribution in [0.1, 0.15) is 6.92 Å². The van der Waals surface area contributed by atoms with Gasteiger partial charge in [-0.2, -0.15) is 0 Å². The molecular formula is C12H18BrNO3S. The molecule has 1 atom stereocenters. The Morgan fingerprint density at radius 2 is 1.89 bits per heavy atom. The number of nitrogens with zero attached hydrogens (tertiary/aromatic N) is 1. The smallest absolute Gasteiger partial charge is 0.231 e. The Hall–Kier alpha value is -0.750. The zero-order chi connectivity index (χ0) is 13.8. The third kappa shape index (κ3) is 4.49. The summed E-state index contributed by atoms with van der Waals surface area (Å²) in [7, 11) is -1.69. The molecule has 0 spiro atoms. The Bertz CT molecular complexity index is 473. The van der Waals surface area contributed by atoms with E-state index in [0.29, 0.717) is 18.2 Å². The summed E-state index contributed by atoms with van der Waals surface area (Å²) in [6, 6.07) is 7.01. The minimum atomic E-state index is -3.21. The van der Waals surface area contributed by atoms with E-state index in [1.165, 1.54) is 17.6 Å². The number of hydrogen-bond donors (Lipinski definition) is 0. The maximum Gasteiger partial charge on any atom is 0.231 e. The molecule has 0 saturated heterocycles. The summed E-state index contributed by atoms with van der Waals surface area (Å²) in [5.41, 5.74) is 0.624. The van der Waals surface area contributed by atoms with E-state index in [1.54, 1.807) is 24.3 Å². The van der Waals surface area contributed by atoms with Gasteiger partial charge in [0, 0.05) is 12.4 Å². The first-order valence-electron chi connectivity index (χ1n) is 5.57. The minimum Gasteiger partial charge on any atom is -0.493 e. The summed E-state index contributed by atoms with van der Waals surface area (Å²) in [4.78, 5) is 0. The average Bonchev–Trinajstić information content (AvgIpc) is 2.34. The molecule has 0 bridgehead atoms. The van der Waals surface area contributed by atoms with Crippen molar-refractivity contribution in [3.05, 3.63) is 24.3 Å². The van der Waals surface area contributed by atoms with E-state index in [-0.39, 0.29) is 0 Å². The first-order chi connectivity index (χ1) is 8.34. The lowest BCUT2D eigenvalue weighted by Crippen LogP contribution is -2.24. The van der Waals surface area contributed by atoms with Gasteiger partial charge < -0.3 is 4.74 Å². The van der Waals surface area contributed by atoms with Gasteiger partial charge in [0.05, 0.1) is 18.6 Å². The number of ether oxygens (including phenoxy) is 1. The second-order valence-corrected chi connectivity index (χ2v) is 6.96. The number of sulfonamides is 1. The zero-order valence-electron chi connectivity index (χ0n) is 10.8. The molecule has 0 amide bonds. The summed E-state index contributed by atoms with van der Waals surface area (Å²) >= 11 is 3.39. The van der Waals surface area contributed by atoms with Crippen molar-refractivity contribution in [1.29, 1.82) is 0 Å². The molecule has 0 aliphatic rings. The summed E-state index contributed by atoms with van der Waals surface area (Å²) in [5.74, 6) is 1.18. The first kappa shape index (κ1) is 15.3. The predicted octanol–water partition coefficient (Wildman–Crippen LogP) is 2.49. The van der Waals surface area contributed by atoms with Crippen molar-refractivity contribution in [3.63, 3.8) is 0 Å². The second-order valence-electron chi connectivity index (χ2n) is 4.29. The molecule has 0 fully saturated rings. The number of benzene rings is 1. The SMILES string of the molecule is C[C@H](CBr)COc1ccc(N(C)S(C)(=O)=O)cc1. The molecule has 0 radical (unpaired) electrons. The Morgan fingerprint density at radius 1 is 1.33 bits per heavy atom. The molecule has 6 heteroatoms. The molecule has 1 rings (SSSR count). The van der Waals surface area contributed by atoms with Gasteiger partial charge in [0.25, 0.3) is 0 Å². The van der Waals surface area contributed by atoms with Crippen molar-refractivity contribution in [3.8, 4) is 5.75 Å². The highest BCUT2D eigenvalue weighted by Crippen LogP contribution is 2.20. The van der Waals surface area contributed by atoms with E-state index in [2.05, 4.69) is 22.9 Å². The standard InChI is InChI=1S/C12H18BrNO3S/c1-10(8-13)9-17-12-6-4-11(5-7-12)14(2)18(3,15)16/h4-7,10H,8-9H2,1-3H3/t10-/m1/s1.